The largest absolute Gasteiger partial charge is 0.394 e. The Morgan fingerprint density at radius 1 is 0.971 bits per heavy atom. The van der Waals surface area contributed by atoms with Crippen molar-refractivity contribution in [1.29, 1.82) is 0 Å². The lowest BCUT2D eigenvalue weighted by Gasteiger charge is -2.38. The Bertz CT molecular complexity index is 1400. The molecule has 0 saturated carbocycles. The van der Waals surface area contributed by atoms with E-state index in [1.807, 2.05) is 12.1 Å². The van der Waals surface area contributed by atoms with Gasteiger partial charge in [0.2, 0.25) is 10.0 Å². The fourth-order valence-corrected chi connectivity index (χ4v) is 6.49. The molecule has 2 heterocycles. The molecule has 3 aromatic carbocycles. The lowest BCUT2D eigenvalue weighted by Crippen LogP contribution is -2.42. The van der Waals surface area contributed by atoms with Crippen LogP contribution in [0.2, 0.25) is 0 Å². The number of hydrogen-bond donors (Lipinski definition) is 2. The van der Waals surface area contributed by atoms with Crippen molar-refractivity contribution in [2.75, 3.05) is 18.5 Å². The second kappa shape index (κ2) is 8.84. The number of aliphatic hydroxyl groups excluding tert-OH is 1. The fourth-order valence-electron chi connectivity index (χ4n) is 4.82. The average molecular weight is 481 g/mol. The summed E-state index contributed by atoms with van der Waals surface area (Å²) in [6.45, 7) is 0.151. The van der Waals surface area contributed by atoms with Crippen LogP contribution < -0.4 is 5.32 Å². The van der Waals surface area contributed by atoms with Crippen LogP contribution in [-0.4, -0.2) is 37.0 Å². The molecule has 3 aromatic rings. The Morgan fingerprint density at radius 3 is 2.41 bits per heavy atom. The molecule has 0 radical (unpaired) electrons. The number of nitrogens with zero attached hydrogens (tertiary/aromatic N) is 1. The van der Waals surface area contributed by atoms with Gasteiger partial charge < -0.3 is 10.4 Å². The van der Waals surface area contributed by atoms with Gasteiger partial charge in [0.15, 0.2) is 0 Å². The summed E-state index contributed by atoms with van der Waals surface area (Å²) < 4.78 is 55.3. The van der Waals surface area contributed by atoms with Gasteiger partial charge in [0.05, 0.1) is 23.6 Å². The number of benzene rings is 3. The number of fused-ring (bicyclic) bond motifs is 3. The smallest absolute Gasteiger partial charge is 0.243 e. The van der Waals surface area contributed by atoms with Crippen LogP contribution in [0.15, 0.2) is 71.6 Å². The Balaban J connectivity index is 1.55. The van der Waals surface area contributed by atoms with E-state index < -0.39 is 21.9 Å². The van der Waals surface area contributed by atoms with E-state index in [0.717, 1.165) is 23.4 Å². The highest BCUT2D eigenvalue weighted by atomic mass is 32.2. The normalized spacial score (nSPS) is 21.7. The molecule has 2 aliphatic rings. The minimum atomic E-state index is -3.89. The van der Waals surface area contributed by atoms with Crippen LogP contribution in [0.25, 0.3) is 0 Å². The van der Waals surface area contributed by atoms with Crippen molar-refractivity contribution in [1.82, 2.24) is 4.31 Å². The van der Waals surface area contributed by atoms with E-state index >= 15 is 0 Å². The standard InChI is InChI=1S/C26H22F2N2O3S/c27-19-7-9-21(10-8-19)34(32,33)30-13-12-22-25(16-31)29-24-11-6-18(15-23(24)26(22)30)5-4-17-2-1-3-20(28)14-17/h1-3,6-11,14-15,22,25-26,29,31H,12-13,16H2/t22-,25-,26-/m1/s1. The Labute approximate surface area is 197 Å². The Hall–Kier alpha value is -3.25. The molecule has 3 atom stereocenters. The van der Waals surface area contributed by atoms with Crippen molar-refractivity contribution >= 4 is 15.7 Å². The number of anilines is 1. The number of rotatable bonds is 3. The van der Waals surface area contributed by atoms with Gasteiger partial charge in [-0.25, -0.2) is 17.2 Å². The summed E-state index contributed by atoms with van der Waals surface area (Å²) in [6.07, 6.45) is 0.571. The molecule has 0 amide bonds. The Morgan fingerprint density at radius 2 is 1.71 bits per heavy atom. The first-order chi connectivity index (χ1) is 16.4. The second-order valence-corrected chi connectivity index (χ2v) is 10.4. The van der Waals surface area contributed by atoms with Gasteiger partial charge in [0.1, 0.15) is 11.6 Å². The SMILES string of the molecule is O=S(=O)(c1ccc(F)cc1)N1CC[C@@H]2[C@@H](CO)Nc3ccc(C#Cc4cccc(F)c4)cc3[C@@H]21. The van der Waals surface area contributed by atoms with Gasteiger partial charge in [-0.05, 0) is 72.6 Å². The lowest BCUT2D eigenvalue weighted by molar-refractivity contribution is 0.210. The zero-order valence-electron chi connectivity index (χ0n) is 18.1. The van der Waals surface area contributed by atoms with Crippen LogP contribution >= 0.6 is 0 Å². The van der Waals surface area contributed by atoms with Gasteiger partial charge in [-0.2, -0.15) is 4.31 Å². The molecule has 5 rings (SSSR count). The van der Waals surface area contributed by atoms with Crippen LogP contribution in [0, 0.1) is 29.4 Å². The van der Waals surface area contributed by atoms with Crippen molar-refractivity contribution < 1.29 is 22.3 Å². The van der Waals surface area contributed by atoms with Crippen LogP contribution in [0.1, 0.15) is 29.2 Å². The van der Waals surface area contributed by atoms with Gasteiger partial charge in [0.25, 0.3) is 0 Å². The summed E-state index contributed by atoms with van der Waals surface area (Å²) in [5, 5.41) is 13.3. The van der Waals surface area contributed by atoms with Gasteiger partial charge in [-0.15, -0.1) is 0 Å². The molecule has 0 aromatic heterocycles. The maximum absolute atomic E-state index is 13.5. The predicted octanol–water partition coefficient (Wildman–Crippen LogP) is 3.90. The number of sulfonamides is 1. The summed E-state index contributed by atoms with van der Waals surface area (Å²) in [6, 6.07) is 15.5. The van der Waals surface area contributed by atoms with E-state index in [1.165, 1.54) is 28.6 Å². The predicted molar refractivity (Wildman–Crippen MR) is 124 cm³/mol. The number of nitrogens with one attached hydrogen (secondary N) is 1. The zero-order valence-corrected chi connectivity index (χ0v) is 18.9. The minimum Gasteiger partial charge on any atom is -0.394 e. The highest BCUT2D eigenvalue weighted by Gasteiger charge is 2.48. The number of aliphatic hydroxyl groups is 1. The first-order valence-electron chi connectivity index (χ1n) is 10.9. The van der Waals surface area contributed by atoms with Crippen molar-refractivity contribution in [3.05, 3.63) is 95.1 Å². The summed E-state index contributed by atoms with van der Waals surface area (Å²) in [5.74, 6) is 4.96. The quantitative estimate of drug-likeness (QED) is 0.558. The molecule has 2 N–H and O–H groups in total. The third kappa shape index (κ3) is 4.07. The highest BCUT2D eigenvalue weighted by Crippen LogP contribution is 2.48. The Kier molecular flexibility index (Phi) is 5.86. The van der Waals surface area contributed by atoms with Crippen LogP contribution in [0.3, 0.4) is 0 Å². The molecule has 8 heteroatoms. The first kappa shape index (κ1) is 22.5. The summed E-state index contributed by atoms with van der Waals surface area (Å²) >= 11 is 0. The van der Waals surface area contributed by atoms with E-state index in [9.17, 15) is 22.3 Å². The molecule has 174 valence electrons. The molecule has 34 heavy (non-hydrogen) atoms. The maximum Gasteiger partial charge on any atom is 0.243 e. The molecular weight excluding hydrogens is 458 g/mol. The summed E-state index contributed by atoms with van der Waals surface area (Å²) in [4.78, 5) is 0.0252. The molecule has 0 bridgehead atoms. The molecule has 1 saturated heterocycles. The van der Waals surface area contributed by atoms with Crippen molar-refractivity contribution in [2.24, 2.45) is 5.92 Å². The molecule has 0 aliphatic carbocycles. The second-order valence-electron chi connectivity index (χ2n) is 8.46. The maximum atomic E-state index is 13.5. The third-order valence-electron chi connectivity index (χ3n) is 6.42. The fraction of sp³-hybridized carbons (Fsp3) is 0.231. The van der Waals surface area contributed by atoms with E-state index in [0.29, 0.717) is 17.5 Å². The molecule has 0 unspecified atom stereocenters. The van der Waals surface area contributed by atoms with E-state index in [4.69, 9.17) is 0 Å². The summed E-state index contributed by atoms with van der Waals surface area (Å²) in [7, 11) is -3.89. The highest BCUT2D eigenvalue weighted by molar-refractivity contribution is 7.89. The summed E-state index contributed by atoms with van der Waals surface area (Å²) in [5.41, 5.74) is 2.70. The molecule has 1 fully saturated rings. The molecule has 5 nitrogen and oxygen atoms in total. The van der Waals surface area contributed by atoms with Crippen LogP contribution in [-0.2, 0) is 10.0 Å². The number of halogens is 2. The van der Waals surface area contributed by atoms with Gasteiger partial charge in [0, 0.05) is 29.3 Å². The van der Waals surface area contributed by atoms with Gasteiger partial charge in [-0.3, -0.25) is 0 Å². The van der Waals surface area contributed by atoms with Crippen molar-refractivity contribution in [3.63, 3.8) is 0 Å². The van der Waals surface area contributed by atoms with Crippen LogP contribution in [0.5, 0.6) is 0 Å². The topological polar surface area (TPSA) is 69.6 Å². The average Bonchev–Trinajstić information content (AvgIpc) is 3.29. The van der Waals surface area contributed by atoms with Gasteiger partial charge in [-0.1, -0.05) is 17.9 Å². The molecule has 2 aliphatic heterocycles. The zero-order chi connectivity index (χ0) is 23.9. The van der Waals surface area contributed by atoms with E-state index in [2.05, 4.69) is 17.2 Å². The third-order valence-corrected chi connectivity index (χ3v) is 8.31. The monoisotopic (exact) mass is 480 g/mol. The molecular formula is C26H22F2N2O3S. The van der Waals surface area contributed by atoms with Gasteiger partial charge >= 0.3 is 0 Å². The number of hydrogen-bond acceptors (Lipinski definition) is 4. The van der Waals surface area contributed by atoms with Crippen LogP contribution in [0.4, 0.5) is 14.5 Å². The van der Waals surface area contributed by atoms with E-state index in [1.54, 1.807) is 18.2 Å². The molecule has 0 spiro atoms. The first-order valence-corrected chi connectivity index (χ1v) is 12.4. The minimum absolute atomic E-state index is 0.0252. The van der Waals surface area contributed by atoms with E-state index in [-0.39, 0.29) is 35.8 Å². The van der Waals surface area contributed by atoms with Crippen molar-refractivity contribution in [3.8, 4) is 11.8 Å². The van der Waals surface area contributed by atoms with Crippen molar-refractivity contribution in [2.45, 2.75) is 23.4 Å². The lowest BCUT2D eigenvalue weighted by atomic mass is 9.83.